The van der Waals surface area contributed by atoms with Gasteiger partial charge in [-0.05, 0) is 25.0 Å². The molecule has 1 aromatic heterocycles. The fourth-order valence-electron chi connectivity index (χ4n) is 1.59. The Morgan fingerprint density at radius 3 is 2.61 bits per heavy atom. The predicted molar refractivity (Wildman–Crippen MR) is 56.8 cm³/mol. The maximum atomic E-state index is 12.3. The van der Waals surface area contributed by atoms with Gasteiger partial charge in [-0.2, -0.15) is 13.2 Å². The third-order valence-corrected chi connectivity index (χ3v) is 2.55. The molecule has 0 N–H and O–H groups in total. The second kappa shape index (κ2) is 4.80. The van der Waals surface area contributed by atoms with Crippen LogP contribution in [0.2, 0.25) is 0 Å². The Bertz CT molecular complexity index is 477. The summed E-state index contributed by atoms with van der Waals surface area (Å²) in [7, 11) is 0. The number of aromatic nitrogens is 1. The normalized spacial score (nSPS) is 15.8. The summed E-state index contributed by atoms with van der Waals surface area (Å²) in [5.41, 5.74) is -0.429. The molecule has 0 saturated heterocycles. The third kappa shape index (κ3) is 2.69. The summed E-state index contributed by atoms with van der Waals surface area (Å²) in [6.45, 7) is 0.553. The van der Waals surface area contributed by atoms with E-state index in [0.29, 0.717) is 24.8 Å². The minimum atomic E-state index is -4.44. The largest absolute Gasteiger partial charge is 0.501 e. The molecular weight excluding hydrogens is 247 g/mol. The molecule has 0 fully saturated rings. The first-order valence-corrected chi connectivity index (χ1v) is 5.37. The molecular formula is C12H10F3NO2. The number of Topliss-reactive ketones (excluding diaryl/α,β-unsaturated/α-hetero) is 1. The van der Waals surface area contributed by atoms with E-state index in [4.69, 9.17) is 4.74 Å². The summed E-state index contributed by atoms with van der Waals surface area (Å²) in [6.07, 6.45) is -1.15. The molecule has 2 rings (SSSR count). The molecule has 1 aliphatic heterocycles. The quantitative estimate of drug-likeness (QED) is 0.764. The molecule has 0 saturated carbocycles. The summed E-state index contributed by atoms with van der Waals surface area (Å²) in [5.74, 6) is -0.386. The predicted octanol–water partition coefficient (Wildman–Crippen LogP) is 2.98. The number of carbonyl (C=O) groups excluding carboxylic acids is 1. The number of rotatable bonds is 2. The van der Waals surface area contributed by atoms with E-state index in [9.17, 15) is 18.0 Å². The molecule has 0 aliphatic carbocycles. The number of halogens is 3. The molecule has 0 bridgehead atoms. The van der Waals surface area contributed by atoms with E-state index in [1.807, 2.05) is 0 Å². The third-order valence-electron chi connectivity index (χ3n) is 2.55. The number of ether oxygens (including phenoxy) is 1. The van der Waals surface area contributed by atoms with Crippen molar-refractivity contribution in [3.8, 4) is 0 Å². The molecule has 6 heteroatoms. The van der Waals surface area contributed by atoms with Gasteiger partial charge in [-0.15, -0.1) is 0 Å². The summed E-state index contributed by atoms with van der Waals surface area (Å²) in [6, 6.07) is 1.94. The molecule has 2 heterocycles. The zero-order valence-corrected chi connectivity index (χ0v) is 9.33. The number of pyridine rings is 1. The van der Waals surface area contributed by atoms with E-state index in [0.717, 1.165) is 18.6 Å². The van der Waals surface area contributed by atoms with E-state index < -0.39 is 11.7 Å². The molecule has 96 valence electrons. The first kappa shape index (κ1) is 12.6. The number of hydrogen-bond donors (Lipinski definition) is 0. The Morgan fingerprint density at radius 2 is 2.11 bits per heavy atom. The van der Waals surface area contributed by atoms with Crippen LogP contribution in [0.25, 0.3) is 0 Å². The number of nitrogens with zero attached hydrogens (tertiary/aromatic N) is 1. The monoisotopic (exact) mass is 257 g/mol. The van der Waals surface area contributed by atoms with Gasteiger partial charge in [0, 0.05) is 11.8 Å². The maximum absolute atomic E-state index is 12.3. The van der Waals surface area contributed by atoms with Gasteiger partial charge < -0.3 is 4.74 Å². The van der Waals surface area contributed by atoms with Gasteiger partial charge in [-0.25, -0.2) is 0 Å². The van der Waals surface area contributed by atoms with Gasteiger partial charge in [-0.3, -0.25) is 9.78 Å². The van der Waals surface area contributed by atoms with Crippen LogP contribution in [0.5, 0.6) is 0 Å². The summed E-state index contributed by atoms with van der Waals surface area (Å²) >= 11 is 0. The van der Waals surface area contributed by atoms with Gasteiger partial charge in [0.15, 0.2) is 0 Å². The molecule has 0 spiro atoms. The highest BCUT2D eigenvalue weighted by Gasteiger charge is 2.31. The van der Waals surface area contributed by atoms with Crippen LogP contribution < -0.4 is 0 Å². The molecule has 18 heavy (non-hydrogen) atoms. The molecule has 0 unspecified atom stereocenters. The van der Waals surface area contributed by atoms with Gasteiger partial charge in [0.05, 0.1) is 18.4 Å². The summed E-state index contributed by atoms with van der Waals surface area (Å²) < 4.78 is 42.0. The molecule has 1 aromatic rings. The molecule has 0 amide bonds. The summed E-state index contributed by atoms with van der Waals surface area (Å²) in [5, 5.41) is 0. The van der Waals surface area contributed by atoms with Crippen molar-refractivity contribution in [2.75, 3.05) is 6.61 Å². The van der Waals surface area contributed by atoms with E-state index in [2.05, 4.69) is 4.98 Å². The van der Waals surface area contributed by atoms with Gasteiger partial charge in [0.1, 0.15) is 5.69 Å². The van der Waals surface area contributed by atoms with Crippen LogP contribution in [0.4, 0.5) is 13.2 Å². The first-order chi connectivity index (χ1) is 8.48. The Hall–Kier alpha value is -1.85. The van der Waals surface area contributed by atoms with Crippen molar-refractivity contribution in [2.45, 2.75) is 19.0 Å². The zero-order chi connectivity index (χ0) is 13.2. The van der Waals surface area contributed by atoms with Crippen molar-refractivity contribution >= 4 is 5.78 Å². The van der Waals surface area contributed by atoms with E-state index >= 15 is 0 Å². The average Bonchev–Trinajstić information content (AvgIpc) is 2.38. The second-order valence-electron chi connectivity index (χ2n) is 3.88. The fourth-order valence-corrected chi connectivity index (χ4v) is 1.59. The van der Waals surface area contributed by atoms with Crippen molar-refractivity contribution < 1.29 is 22.7 Å². The van der Waals surface area contributed by atoms with Crippen LogP contribution in [0, 0.1) is 0 Å². The number of ketones is 1. The van der Waals surface area contributed by atoms with E-state index in [1.54, 1.807) is 0 Å². The molecule has 0 atom stereocenters. The standard InChI is InChI=1S/C12H10F3NO2/c13-12(14,15)9-3-4-10(16-6-9)11(17)8-2-1-5-18-7-8/h3-4,6-7H,1-2,5H2. The number of alkyl halides is 3. The van der Waals surface area contributed by atoms with Crippen molar-refractivity contribution in [1.29, 1.82) is 0 Å². The summed E-state index contributed by atoms with van der Waals surface area (Å²) in [4.78, 5) is 15.4. The van der Waals surface area contributed by atoms with Crippen molar-refractivity contribution in [3.63, 3.8) is 0 Å². The van der Waals surface area contributed by atoms with Crippen LogP contribution in [-0.2, 0) is 10.9 Å². The first-order valence-electron chi connectivity index (χ1n) is 5.37. The van der Waals surface area contributed by atoms with Gasteiger partial charge in [0.25, 0.3) is 0 Å². The fraction of sp³-hybridized carbons (Fsp3) is 0.333. The zero-order valence-electron chi connectivity index (χ0n) is 9.33. The van der Waals surface area contributed by atoms with Crippen LogP contribution in [0.3, 0.4) is 0 Å². The van der Waals surface area contributed by atoms with Crippen LogP contribution in [0.15, 0.2) is 30.2 Å². The Kier molecular flexibility index (Phi) is 3.36. The number of carbonyl (C=O) groups is 1. The molecule has 0 radical (unpaired) electrons. The van der Waals surface area contributed by atoms with Crippen LogP contribution in [0.1, 0.15) is 28.9 Å². The lowest BCUT2D eigenvalue weighted by Gasteiger charge is -2.12. The second-order valence-corrected chi connectivity index (χ2v) is 3.88. The van der Waals surface area contributed by atoms with Crippen LogP contribution >= 0.6 is 0 Å². The Balaban J connectivity index is 2.19. The van der Waals surface area contributed by atoms with Crippen molar-refractivity contribution in [1.82, 2.24) is 4.98 Å². The van der Waals surface area contributed by atoms with E-state index in [1.165, 1.54) is 6.26 Å². The van der Waals surface area contributed by atoms with Crippen molar-refractivity contribution in [2.24, 2.45) is 0 Å². The molecule has 0 aromatic carbocycles. The highest BCUT2D eigenvalue weighted by atomic mass is 19.4. The topological polar surface area (TPSA) is 39.2 Å². The number of allylic oxidation sites excluding steroid dienone is 1. The Morgan fingerprint density at radius 1 is 1.33 bits per heavy atom. The number of hydrogen-bond acceptors (Lipinski definition) is 3. The SMILES string of the molecule is O=C(C1=COCCC1)c1ccc(C(F)(F)F)cn1. The lowest BCUT2D eigenvalue weighted by Crippen LogP contribution is -2.12. The van der Waals surface area contributed by atoms with Gasteiger partial charge in [-0.1, -0.05) is 0 Å². The highest BCUT2D eigenvalue weighted by molar-refractivity contribution is 6.07. The van der Waals surface area contributed by atoms with Gasteiger partial charge >= 0.3 is 6.18 Å². The van der Waals surface area contributed by atoms with Crippen LogP contribution in [-0.4, -0.2) is 17.4 Å². The lowest BCUT2D eigenvalue weighted by atomic mass is 10.0. The minimum absolute atomic E-state index is 0.000231. The lowest BCUT2D eigenvalue weighted by molar-refractivity contribution is -0.137. The molecule has 1 aliphatic rings. The minimum Gasteiger partial charge on any atom is -0.501 e. The smallest absolute Gasteiger partial charge is 0.417 e. The average molecular weight is 257 g/mol. The highest BCUT2D eigenvalue weighted by Crippen LogP contribution is 2.28. The van der Waals surface area contributed by atoms with E-state index in [-0.39, 0.29) is 11.5 Å². The van der Waals surface area contributed by atoms with Crippen molar-refractivity contribution in [3.05, 3.63) is 41.4 Å². The Labute approximate surface area is 101 Å². The van der Waals surface area contributed by atoms with Gasteiger partial charge in [0.2, 0.25) is 5.78 Å². The maximum Gasteiger partial charge on any atom is 0.417 e. The molecule has 3 nitrogen and oxygen atoms in total.